The van der Waals surface area contributed by atoms with Gasteiger partial charge in [0.15, 0.2) is 0 Å². The molecule has 46 heavy (non-hydrogen) atoms. The summed E-state index contributed by atoms with van der Waals surface area (Å²) in [7, 11) is -4.73. The standard InChI is InChI=1S/C28H42N6O11S/c1-16(2)24(33-22(36)8-11-45-12-10-34-23(37)13-17(3)27(34)40)26(39)32-20(5-4-9-30-28(29)41)25(38)31-19-7-6-18(15-35)21(14-19)46(42,43)44/h6-7,14,16-17,20,24,35H,4-5,8-13,15H2,1-3H3,(H,31,38)(H,32,39)(H,33,36)(H3,29,30,41)(H,42,43,44)/t17?,20-,24?/m0/s1. The number of anilines is 1. The molecule has 1 saturated heterocycles. The van der Waals surface area contributed by atoms with E-state index in [-0.39, 0.29) is 81.0 Å². The Morgan fingerprint density at radius 2 is 1.80 bits per heavy atom. The van der Waals surface area contributed by atoms with Crippen molar-refractivity contribution in [1.82, 2.24) is 20.9 Å². The Morgan fingerprint density at radius 1 is 1.11 bits per heavy atom. The Kier molecular flexibility index (Phi) is 14.5. The highest BCUT2D eigenvalue weighted by Gasteiger charge is 2.35. The molecule has 256 valence electrons. The van der Waals surface area contributed by atoms with Crippen molar-refractivity contribution in [2.75, 3.05) is 31.6 Å². The molecular weight excluding hydrogens is 628 g/mol. The van der Waals surface area contributed by atoms with Crippen LogP contribution in [0.15, 0.2) is 23.1 Å². The molecule has 3 atom stereocenters. The van der Waals surface area contributed by atoms with E-state index < -0.39 is 63.4 Å². The van der Waals surface area contributed by atoms with E-state index in [0.29, 0.717) is 0 Å². The Bertz CT molecular complexity index is 1400. The molecule has 1 aliphatic heterocycles. The van der Waals surface area contributed by atoms with E-state index in [1.165, 1.54) is 12.1 Å². The number of benzene rings is 1. The van der Waals surface area contributed by atoms with Crippen LogP contribution in [0.25, 0.3) is 0 Å². The van der Waals surface area contributed by atoms with Gasteiger partial charge in [-0.2, -0.15) is 8.42 Å². The zero-order chi connectivity index (χ0) is 34.6. The van der Waals surface area contributed by atoms with Gasteiger partial charge >= 0.3 is 6.03 Å². The fourth-order valence-electron chi connectivity index (χ4n) is 4.57. The molecule has 7 amide bonds. The summed E-state index contributed by atoms with van der Waals surface area (Å²) in [4.78, 5) is 74.5. The van der Waals surface area contributed by atoms with Crippen molar-refractivity contribution in [2.24, 2.45) is 17.6 Å². The van der Waals surface area contributed by atoms with Crippen LogP contribution >= 0.6 is 0 Å². The van der Waals surface area contributed by atoms with Gasteiger partial charge in [-0.05, 0) is 36.5 Å². The average molecular weight is 671 g/mol. The van der Waals surface area contributed by atoms with Crippen LogP contribution in [0.1, 0.15) is 52.0 Å². The lowest BCUT2D eigenvalue weighted by Gasteiger charge is -2.25. The largest absolute Gasteiger partial charge is 0.392 e. The van der Waals surface area contributed by atoms with Crippen molar-refractivity contribution in [1.29, 1.82) is 0 Å². The van der Waals surface area contributed by atoms with E-state index in [1.807, 2.05) is 0 Å². The molecule has 2 rings (SSSR count). The third-order valence-corrected chi connectivity index (χ3v) is 7.99. The number of likely N-dealkylation sites (tertiary alicyclic amines) is 1. The van der Waals surface area contributed by atoms with Gasteiger partial charge in [0.05, 0.1) is 26.4 Å². The number of ether oxygens (including phenoxy) is 1. The van der Waals surface area contributed by atoms with Gasteiger partial charge in [-0.1, -0.05) is 26.8 Å². The maximum Gasteiger partial charge on any atom is 0.312 e. The van der Waals surface area contributed by atoms with Gasteiger partial charge in [-0.25, -0.2) is 4.79 Å². The first-order valence-corrected chi connectivity index (χ1v) is 16.1. The van der Waals surface area contributed by atoms with Gasteiger partial charge < -0.3 is 36.8 Å². The van der Waals surface area contributed by atoms with Crippen LogP contribution in [-0.4, -0.2) is 96.9 Å². The molecule has 0 radical (unpaired) electrons. The molecule has 0 aliphatic carbocycles. The molecule has 0 bridgehead atoms. The van der Waals surface area contributed by atoms with Crippen LogP contribution in [0.3, 0.4) is 0 Å². The molecule has 0 saturated carbocycles. The summed E-state index contributed by atoms with van der Waals surface area (Å²) in [5.41, 5.74) is 4.92. The fourth-order valence-corrected chi connectivity index (χ4v) is 5.31. The highest BCUT2D eigenvalue weighted by atomic mass is 32.2. The van der Waals surface area contributed by atoms with Crippen molar-refractivity contribution >= 4 is 51.4 Å². The molecule has 1 aromatic carbocycles. The van der Waals surface area contributed by atoms with E-state index in [9.17, 15) is 46.8 Å². The van der Waals surface area contributed by atoms with Crippen LogP contribution < -0.4 is 27.0 Å². The summed E-state index contributed by atoms with van der Waals surface area (Å²) >= 11 is 0. The molecule has 0 spiro atoms. The minimum absolute atomic E-state index is 0.00509. The number of nitrogens with two attached hydrogens (primary N) is 1. The van der Waals surface area contributed by atoms with Crippen LogP contribution in [0.5, 0.6) is 0 Å². The summed E-state index contributed by atoms with van der Waals surface area (Å²) in [5, 5.41) is 19.4. The van der Waals surface area contributed by atoms with E-state index >= 15 is 0 Å². The lowest BCUT2D eigenvalue weighted by molar-refractivity contribution is -0.140. The normalized spacial score (nSPS) is 16.2. The molecule has 1 heterocycles. The molecule has 1 aliphatic rings. The number of urea groups is 1. The quantitative estimate of drug-likeness (QED) is 0.0580. The first-order valence-electron chi connectivity index (χ1n) is 14.6. The number of carbonyl (C=O) groups excluding carboxylic acids is 6. The molecule has 1 fully saturated rings. The Balaban J connectivity index is 2.03. The minimum atomic E-state index is -4.73. The van der Waals surface area contributed by atoms with Gasteiger partial charge in [-0.3, -0.25) is 33.4 Å². The Labute approximate surface area is 266 Å². The second kappa shape index (κ2) is 17.5. The van der Waals surface area contributed by atoms with Gasteiger partial charge in [0.1, 0.15) is 17.0 Å². The summed E-state index contributed by atoms with van der Waals surface area (Å²) < 4.78 is 38.4. The van der Waals surface area contributed by atoms with Crippen molar-refractivity contribution < 1.29 is 51.6 Å². The van der Waals surface area contributed by atoms with Gasteiger partial charge in [0.25, 0.3) is 10.1 Å². The third-order valence-electron chi connectivity index (χ3n) is 7.05. The summed E-state index contributed by atoms with van der Waals surface area (Å²) in [6, 6.07) is 0.380. The first kappa shape index (κ1) is 38.1. The number of imide groups is 1. The lowest BCUT2D eigenvalue weighted by atomic mass is 10.0. The molecular formula is C28H42N6O11S. The number of primary amides is 1. The van der Waals surface area contributed by atoms with Crippen LogP contribution in [0, 0.1) is 11.8 Å². The minimum Gasteiger partial charge on any atom is -0.392 e. The lowest BCUT2D eigenvalue weighted by Crippen LogP contribution is -2.54. The number of hydrogen-bond acceptors (Lipinski definition) is 10. The number of rotatable bonds is 18. The van der Waals surface area contributed by atoms with Crippen molar-refractivity contribution in [3.8, 4) is 0 Å². The van der Waals surface area contributed by atoms with E-state index in [4.69, 9.17) is 10.5 Å². The number of hydrogen-bond donors (Lipinski definition) is 7. The Morgan fingerprint density at radius 3 is 2.37 bits per heavy atom. The van der Waals surface area contributed by atoms with E-state index in [0.717, 1.165) is 11.0 Å². The molecule has 1 aromatic rings. The van der Waals surface area contributed by atoms with Gasteiger partial charge in [0, 0.05) is 31.0 Å². The predicted molar refractivity (Wildman–Crippen MR) is 162 cm³/mol. The topological polar surface area (TPSA) is 264 Å². The fraction of sp³-hybridized carbons (Fsp3) is 0.571. The summed E-state index contributed by atoms with van der Waals surface area (Å²) in [6.45, 7) is 4.49. The predicted octanol–water partition coefficient (Wildman–Crippen LogP) is -0.760. The zero-order valence-electron chi connectivity index (χ0n) is 25.9. The maximum absolute atomic E-state index is 13.3. The second-order valence-electron chi connectivity index (χ2n) is 11.1. The molecule has 2 unspecified atom stereocenters. The van der Waals surface area contributed by atoms with Gasteiger partial charge in [0.2, 0.25) is 29.5 Å². The van der Waals surface area contributed by atoms with Crippen LogP contribution in [0.2, 0.25) is 0 Å². The van der Waals surface area contributed by atoms with Crippen molar-refractivity contribution in [3.05, 3.63) is 23.8 Å². The second-order valence-corrected chi connectivity index (χ2v) is 12.5. The van der Waals surface area contributed by atoms with Crippen LogP contribution in [0.4, 0.5) is 10.5 Å². The van der Waals surface area contributed by atoms with E-state index in [2.05, 4.69) is 21.3 Å². The molecule has 17 nitrogen and oxygen atoms in total. The highest BCUT2D eigenvalue weighted by molar-refractivity contribution is 7.85. The van der Waals surface area contributed by atoms with Crippen LogP contribution in [-0.2, 0) is 45.4 Å². The zero-order valence-corrected chi connectivity index (χ0v) is 26.7. The summed E-state index contributed by atoms with van der Waals surface area (Å²) in [6.07, 6.45) is 0.229. The smallest absolute Gasteiger partial charge is 0.312 e. The van der Waals surface area contributed by atoms with Gasteiger partial charge in [-0.15, -0.1) is 0 Å². The highest BCUT2D eigenvalue weighted by Crippen LogP contribution is 2.21. The number of nitrogens with one attached hydrogen (secondary N) is 4. The van der Waals surface area contributed by atoms with Crippen molar-refractivity contribution in [3.63, 3.8) is 0 Å². The number of carbonyl (C=O) groups is 6. The monoisotopic (exact) mass is 670 g/mol. The number of aliphatic hydroxyl groups excluding tert-OH is 1. The summed E-state index contributed by atoms with van der Waals surface area (Å²) in [5.74, 6) is -3.31. The number of amides is 7. The molecule has 8 N–H and O–H groups in total. The molecule has 18 heteroatoms. The maximum atomic E-state index is 13.3. The molecule has 0 aromatic heterocycles. The first-order chi connectivity index (χ1) is 21.5. The number of aliphatic hydroxyl groups is 1. The van der Waals surface area contributed by atoms with Crippen molar-refractivity contribution in [2.45, 2.75) is 70.0 Å². The van der Waals surface area contributed by atoms with E-state index in [1.54, 1.807) is 20.8 Å². The average Bonchev–Trinajstić information content (AvgIpc) is 3.21. The Hall–Kier alpha value is -4.13. The SMILES string of the molecule is CC1CC(=O)N(CCOCCC(=O)NC(C(=O)N[C@@H](CCCNC(N)=O)C(=O)Nc2ccc(CO)c(S(=O)(=O)O)c2)C(C)C)C1=O. The number of nitrogens with zero attached hydrogens (tertiary/aromatic N) is 1. The third kappa shape index (κ3) is 11.7.